The second-order valence-electron chi connectivity index (χ2n) is 6.82. The van der Waals surface area contributed by atoms with Crippen LogP contribution < -0.4 is 5.32 Å². The zero-order valence-corrected chi connectivity index (χ0v) is 16.0. The number of para-hydroxylation sites is 1. The molecule has 28 heavy (non-hydrogen) atoms. The van der Waals surface area contributed by atoms with E-state index in [-0.39, 0.29) is 5.91 Å². The molecule has 0 bridgehead atoms. The van der Waals surface area contributed by atoms with Gasteiger partial charge in [0, 0.05) is 31.1 Å². The molecule has 0 aliphatic rings. The van der Waals surface area contributed by atoms with E-state index < -0.39 is 0 Å². The van der Waals surface area contributed by atoms with Crippen molar-refractivity contribution in [2.75, 3.05) is 5.32 Å². The van der Waals surface area contributed by atoms with Crippen LogP contribution in [0.5, 0.6) is 0 Å². The second-order valence-corrected chi connectivity index (χ2v) is 6.82. The largest absolute Gasteiger partial charge is 0.305 e. The van der Waals surface area contributed by atoms with Gasteiger partial charge in [-0.15, -0.1) is 0 Å². The molecule has 0 atom stereocenters. The van der Waals surface area contributed by atoms with Crippen LogP contribution in [0.3, 0.4) is 0 Å². The predicted octanol–water partition coefficient (Wildman–Crippen LogP) is 4.14. The summed E-state index contributed by atoms with van der Waals surface area (Å²) in [4.78, 5) is 13.0. The van der Waals surface area contributed by atoms with Crippen LogP contribution in [0.4, 0.5) is 5.82 Å². The quantitative estimate of drug-likeness (QED) is 0.586. The summed E-state index contributed by atoms with van der Waals surface area (Å²) in [6, 6.07) is 17.7. The van der Waals surface area contributed by atoms with Gasteiger partial charge in [0.2, 0.25) is 0 Å². The molecule has 1 amide bonds. The first-order chi connectivity index (χ1) is 13.5. The Morgan fingerprint density at radius 2 is 1.79 bits per heavy atom. The standard InChI is InChI=1S/C22H21N5O/c1-15-9-10-18(16(2)13-15)21-19(22(28)23-20-11-12-26(3)24-20)14-27(25-21)17-7-5-4-6-8-17/h4-14H,1-3H3,(H,23,24,28). The molecule has 2 aromatic carbocycles. The Hall–Kier alpha value is -3.67. The molecule has 0 saturated heterocycles. The number of anilines is 1. The van der Waals surface area contributed by atoms with Crippen molar-refractivity contribution in [2.45, 2.75) is 13.8 Å². The number of aromatic nitrogens is 4. The summed E-state index contributed by atoms with van der Waals surface area (Å²) in [6.45, 7) is 4.08. The molecule has 2 aromatic heterocycles. The van der Waals surface area contributed by atoms with E-state index in [4.69, 9.17) is 5.10 Å². The van der Waals surface area contributed by atoms with Gasteiger partial charge in [0.05, 0.1) is 11.3 Å². The molecule has 0 fully saturated rings. The minimum absolute atomic E-state index is 0.240. The van der Waals surface area contributed by atoms with Crippen LogP contribution in [-0.4, -0.2) is 25.5 Å². The summed E-state index contributed by atoms with van der Waals surface area (Å²) in [5, 5.41) is 11.8. The molecule has 2 heterocycles. The Labute approximate surface area is 163 Å². The van der Waals surface area contributed by atoms with Crippen molar-refractivity contribution < 1.29 is 4.79 Å². The maximum Gasteiger partial charge on any atom is 0.260 e. The molecule has 6 nitrogen and oxygen atoms in total. The fourth-order valence-corrected chi connectivity index (χ4v) is 3.20. The molecule has 0 saturated carbocycles. The zero-order chi connectivity index (χ0) is 19.7. The van der Waals surface area contributed by atoms with Crippen molar-refractivity contribution in [3.05, 3.63) is 83.7 Å². The third kappa shape index (κ3) is 3.44. The van der Waals surface area contributed by atoms with Crippen molar-refractivity contribution in [2.24, 2.45) is 7.05 Å². The molecule has 140 valence electrons. The lowest BCUT2D eigenvalue weighted by atomic mass is 10.0. The molecule has 0 aliphatic heterocycles. The summed E-state index contributed by atoms with van der Waals surface area (Å²) < 4.78 is 3.38. The molecule has 1 N–H and O–H groups in total. The summed E-state index contributed by atoms with van der Waals surface area (Å²) in [5.41, 5.74) is 5.22. The summed E-state index contributed by atoms with van der Waals surface area (Å²) in [6.07, 6.45) is 3.55. The van der Waals surface area contributed by atoms with Crippen molar-refractivity contribution >= 4 is 11.7 Å². The van der Waals surface area contributed by atoms with Crippen molar-refractivity contribution in [1.82, 2.24) is 19.6 Å². The highest BCUT2D eigenvalue weighted by Gasteiger charge is 2.20. The van der Waals surface area contributed by atoms with Gasteiger partial charge < -0.3 is 5.32 Å². The Balaban J connectivity index is 1.81. The van der Waals surface area contributed by atoms with E-state index in [9.17, 15) is 4.79 Å². The van der Waals surface area contributed by atoms with Crippen LogP contribution in [0.15, 0.2) is 67.0 Å². The third-order valence-corrected chi connectivity index (χ3v) is 4.57. The maximum absolute atomic E-state index is 13.0. The lowest BCUT2D eigenvalue weighted by molar-refractivity contribution is 0.102. The molecule has 0 spiro atoms. The normalized spacial score (nSPS) is 10.8. The van der Waals surface area contributed by atoms with E-state index in [0.717, 1.165) is 16.8 Å². The molecule has 6 heteroatoms. The van der Waals surface area contributed by atoms with E-state index in [1.165, 1.54) is 5.56 Å². The van der Waals surface area contributed by atoms with Crippen molar-refractivity contribution in [3.63, 3.8) is 0 Å². The summed E-state index contributed by atoms with van der Waals surface area (Å²) in [7, 11) is 1.81. The SMILES string of the molecule is Cc1ccc(-c2nn(-c3ccccc3)cc2C(=O)Nc2ccn(C)n2)c(C)c1. The topological polar surface area (TPSA) is 64.7 Å². The lowest BCUT2D eigenvalue weighted by Gasteiger charge is -2.07. The Morgan fingerprint density at radius 3 is 2.46 bits per heavy atom. The number of carbonyl (C=O) groups is 1. The van der Waals surface area contributed by atoms with Crippen LogP contribution in [0.2, 0.25) is 0 Å². The number of aryl methyl sites for hydroxylation is 3. The van der Waals surface area contributed by atoms with Crippen LogP contribution in [0.25, 0.3) is 16.9 Å². The van der Waals surface area contributed by atoms with Crippen molar-refractivity contribution in [3.8, 4) is 16.9 Å². The highest BCUT2D eigenvalue weighted by Crippen LogP contribution is 2.28. The fraction of sp³-hybridized carbons (Fsp3) is 0.136. The molecular formula is C22H21N5O. The van der Waals surface area contributed by atoms with Gasteiger partial charge in [-0.1, -0.05) is 42.0 Å². The highest BCUT2D eigenvalue weighted by atomic mass is 16.1. The lowest BCUT2D eigenvalue weighted by Crippen LogP contribution is -2.13. The zero-order valence-electron chi connectivity index (χ0n) is 16.0. The summed E-state index contributed by atoms with van der Waals surface area (Å²) in [5.74, 6) is 0.266. The smallest absolute Gasteiger partial charge is 0.260 e. The minimum Gasteiger partial charge on any atom is -0.305 e. The third-order valence-electron chi connectivity index (χ3n) is 4.57. The van der Waals surface area contributed by atoms with E-state index >= 15 is 0 Å². The van der Waals surface area contributed by atoms with Gasteiger partial charge in [-0.3, -0.25) is 9.48 Å². The van der Waals surface area contributed by atoms with Gasteiger partial charge in [-0.25, -0.2) is 4.68 Å². The van der Waals surface area contributed by atoms with Gasteiger partial charge in [0.25, 0.3) is 5.91 Å². The van der Waals surface area contributed by atoms with Gasteiger partial charge >= 0.3 is 0 Å². The molecule has 0 aliphatic carbocycles. The van der Waals surface area contributed by atoms with Crippen LogP contribution in [-0.2, 0) is 7.05 Å². The maximum atomic E-state index is 13.0. The van der Waals surface area contributed by atoms with Crippen LogP contribution in [0, 0.1) is 13.8 Å². The first-order valence-electron chi connectivity index (χ1n) is 9.05. The highest BCUT2D eigenvalue weighted by molar-refractivity contribution is 6.07. The van der Waals surface area contributed by atoms with Gasteiger partial charge in [0.1, 0.15) is 5.69 Å². The monoisotopic (exact) mass is 371 g/mol. The van der Waals surface area contributed by atoms with Crippen molar-refractivity contribution in [1.29, 1.82) is 0 Å². The molecule has 4 aromatic rings. The molecule has 0 unspecified atom stereocenters. The molecular weight excluding hydrogens is 350 g/mol. The van der Waals surface area contributed by atoms with E-state index in [2.05, 4.69) is 16.5 Å². The Bertz CT molecular complexity index is 1140. The molecule has 0 radical (unpaired) electrons. The Kier molecular flexibility index (Phi) is 4.53. The number of hydrogen-bond acceptors (Lipinski definition) is 3. The molecule has 4 rings (SSSR count). The first-order valence-corrected chi connectivity index (χ1v) is 9.05. The fourth-order valence-electron chi connectivity index (χ4n) is 3.20. The number of amides is 1. The average molecular weight is 371 g/mol. The number of hydrogen-bond donors (Lipinski definition) is 1. The van der Waals surface area contributed by atoms with Gasteiger partial charge in [-0.2, -0.15) is 10.2 Å². The summed E-state index contributed by atoms with van der Waals surface area (Å²) >= 11 is 0. The Morgan fingerprint density at radius 1 is 1.00 bits per heavy atom. The number of rotatable bonds is 4. The number of nitrogens with one attached hydrogen (secondary N) is 1. The van der Waals surface area contributed by atoms with E-state index in [1.54, 1.807) is 27.8 Å². The van der Waals surface area contributed by atoms with Gasteiger partial charge in [0.15, 0.2) is 5.82 Å². The predicted molar refractivity (Wildman–Crippen MR) is 110 cm³/mol. The average Bonchev–Trinajstić information content (AvgIpc) is 3.29. The number of benzene rings is 2. The van der Waals surface area contributed by atoms with Crippen LogP contribution >= 0.6 is 0 Å². The minimum atomic E-state index is -0.240. The van der Waals surface area contributed by atoms with E-state index in [0.29, 0.717) is 17.1 Å². The number of nitrogens with zero attached hydrogens (tertiary/aromatic N) is 4. The second kappa shape index (κ2) is 7.15. The van der Waals surface area contributed by atoms with Crippen LogP contribution in [0.1, 0.15) is 21.5 Å². The number of carbonyl (C=O) groups excluding carboxylic acids is 1. The van der Waals surface area contributed by atoms with Gasteiger partial charge in [-0.05, 0) is 31.5 Å². The van der Waals surface area contributed by atoms with E-state index in [1.807, 2.05) is 63.4 Å². The first kappa shape index (κ1) is 17.7.